The molecule has 0 aliphatic rings. The molecule has 0 unspecified atom stereocenters. The third kappa shape index (κ3) is 14.5. The number of hydrogen-bond donors (Lipinski definition) is 0. The number of carbonyl (C=O) groups excluding carboxylic acids is 1. The molecular weight excluding hydrogens is 249 g/mol. The zero-order chi connectivity index (χ0) is 13.6. The molecule has 0 saturated heterocycles. The molecule has 3 nitrogen and oxygen atoms in total. The predicted octanol–water partition coefficient (Wildman–Crippen LogP) is 0.577. The molecule has 1 amide bonds. The van der Waals surface area contributed by atoms with Crippen molar-refractivity contribution >= 4 is 6.09 Å². The summed E-state index contributed by atoms with van der Waals surface area (Å²) in [5.74, 6) is 0. The first-order valence-electron chi connectivity index (χ1n) is 7.68. The third-order valence-corrected chi connectivity index (χ3v) is 3.42. The van der Waals surface area contributed by atoms with Crippen LogP contribution in [0.25, 0.3) is 0 Å². The van der Waals surface area contributed by atoms with E-state index in [1.54, 1.807) is 0 Å². The summed E-state index contributed by atoms with van der Waals surface area (Å²) in [6, 6.07) is 0. The van der Waals surface area contributed by atoms with Gasteiger partial charge in [0, 0.05) is 13.1 Å². The van der Waals surface area contributed by atoms with E-state index in [2.05, 4.69) is 6.92 Å². The molecule has 0 atom stereocenters. The van der Waals surface area contributed by atoms with E-state index in [1.807, 2.05) is 6.92 Å². The molecule has 0 aromatic rings. The van der Waals surface area contributed by atoms with Gasteiger partial charge in [-0.1, -0.05) is 64.7 Å². The monoisotopic (exact) mass is 279 g/mol. The number of hydrogen-bond acceptors (Lipinski definition) is 2. The summed E-state index contributed by atoms with van der Waals surface area (Å²) in [5, 5.41) is 10.6. The Kier molecular flexibility index (Phi) is 18.5. The molecule has 0 rings (SSSR count). The van der Waals surface area contributed by atoms with Crippen LogP contribution in [-0.4, -0.2) is 24.1 Å². The fourth-order valence-electron chi connectivity index (χ4n) is 2.17. The fraction of sp³-hybridized carbons (Fsp3) is 0.933. The SMILES string of the molecule is CCCCCCCCCCCCN(CC)C(=O)[O-].[Na+]. The zero-order valence-corrected chi connectivity index (χ0v) is 15.2. The number of carbonyl (C=O) groups is 1. The van der Waals surface area contributed by atoms with Crippen molar-refractivity contribution in [1.82, 2.24) is 4.90 Å². The van der Waals surface area contributed by atoms with E-state index in [4.69, 9.17) is 0 Å². The van der Waals surface area contributed by atoms with Gasteiger partial charge in [0.25, 0.3) is 0 Å². The molecule has 0 fully saturated rings. The minimum atomic E-state index is -1.03. The molecule has 0 radical (unpaired) electrons. The molecule has 108 valence electrons. The van der Waals surface area contributed by atoms with Crippen molar-refractivity contribution in [2.45, 2.75) is 78.1 Å². The van der Waals surface area contributed by atoms with Crippen molar-refractivity contribution < 1.29 is 39.5 Å². The summed E-state index contributed by atoms with van der Waals surface area (Å²) in [6.45, 7) is 5.27. The van der Waals surface area contributed by atoms with Gasteiger partial charge in [0.2, 0.25) is 0 Å². The number of nitrogens with zero attached hydrogens (tertiary/aromatic N) is 1. The van der Waals surface area contributed by atoms with Crippen molar-refractivity contribution in [3.63, 3.8) is 0 Å². The Labute approximate surface area is 141 Å². The van der Waals surface area contributed by atoms with Gasteiger partial charge in [0.15, 0.2) is 0 Å². The van der Waals surface area contributed by atoms with Crippen molar-refractivity contribution in [1.29, 1.82) is 0 Å². The Balaban J connectivity index is 0. The van der Waals surface area contributed by atoms with E-state index in [-0.39, 0.29) is 29.6 Å². The molecule has 0 aromatic carbocycles. The normalized spacial score (nSPS) is 10.0. The maximum Gasteiger partial charge on any atom is 1.00 e. The van der Waals surface area contributed by atoms with Crippen LogP contribution in [0.3, 0.4) is 0 Å². The largest absolute Gasteiger partial charge is 1.00 e. The van der Waals surface area contributed by atoms with Crippen LogP contribution < -0.4 is 34.7 Å². The van der Waals surface area contributed by atoms with E-state index < -0.39 is 6.09 Å². The van der Waals surface area contributed by atoms with Gasteiger partial charge in [-0.3, -0.25) is 0 Å². The van der Waals surface area contributed by atoms with Gasteiger partial charge in [-0.25, -0.2) is 0 Å². The first-order valence-corrected chi connectivity index (χ1v) is 7.68. The third-order valence-electron chi connectivity index (χ3n) is 3.42. The number of carboxylic acid groups (broad SMARTS) is 1. The fourth-order valence-corrected chi connectivity index (χ4v) is 2.17. The smallest absolute Gasteiger partial charge is 0.530 e. The molecule has 0 spiro atoms. The van der Waals surface area contributed by atoms with Gasteiger partial charge >= 0.3 is 29.6 Å². The molecule has 0 saturated carbocycles. The summed E-state index contributed by atoms with van der Waals surface area (Å²) in [5.41, 5.74) is 0. The van der Waals surface area contributed by atoms with Gasteiger partial charge in [-0.15, -0.1) is 0 Å². The molecule has 0 N–H and O–H groups in total. The Hall–Kier alpha value is 0.270. The molecule has 0 aromatic heterocycles. The van der Waals surface area contributed by atoms with Crippen LogP contribution in [0.15, 0.2) is 0 Å². The van der Waals surface area contributed by atoms with Gasteiger partial charge < -0.3 is 14.8 Å². The van der Waals surface area contributed by atoms with Crippen molar-refractivity contribution in [3.8, 4) is 0 Å². The van der Waals surface area contributed by atoms with Crippen LogP contribution in [0.1, 0.15) is 78.1 Å². The topological polar surface area (TPSA) is 43.4 Å². The van der Waals surface area contributed by atoms with E-state index >= 15 is 0 Å². The average molecular weight is 279 g/mol. The first kappa shape index (κ1) is 21.6. The molecule has 0 aliphatic heterocycles. The number of amides is 1. The van der Waals surface area contributed by atoms with Crippen LogP contribution in [0.2, 0.25) is 0 Å². The molecule has 0 aliphatic carbocycles. The first-order chi connectivity index (χ1) is 8.72. The Morgan fingerprint density at radius 2 is 1.26 bits per heavy atom. The molecule has 19 heavy (non-hydrogen) atoms. The van der Waals surface area contributed by atoms with Crippen molar-refractivity contribution in [2.24, 2.45) is 0 Å². The van der Waals surface area contributed by atoms with E-state index in [9.17, 15) is 9.90 Å². The summed E-state index contributed by atoms with van der Waals surface area (Å²) in [6.07, 6.45) is 11.7. The van der Waals surface area contributed by atoms with Gasteiger partial charge in [0.1, 0.15) is 6.09 Å². The minimum absolute atomic E-state index is 0. The average Bonchev–Trinajstić information content (AvgIpc) is 2.35. The minimum Gasteiger partial charge on any atom is -0.530 e. The Bertz CT molecular complexity index is 201. The van der Waals surface area contributed by atoms with Crippen molar-refractivity contribution in [2.75, 3.05) is 13.1 Å². The predicted molar refractivity (Wildman–Crippen MR) is 74.5 cm³/mol. The Morgan fingerprint density at radius 3 is 1.63 bits per heavy atom. The van der Waals surface area contributed by atoms with Crippen molar-refractivity contribution in [3.05, 3.63) is 0 Å². The maximum absolute atomic E-state index is 10.6. The molecular formula is C15H30NNaO2. The van der Waals surface area contributed by atoms with E-state index in [0.29, 0.717) is 13.1 Å². The number of unbranched alkanes of at least 4 members (excludes halogenated alkanes) is 9. The second-order valence-corrected chi connectivity index (χ2v) is 5.03. The Morgan fingerprint density at radius 1 is 0.842 bits per heavy atom. The summed E-state index contributed by atoms with van der Waals surface area (Å²) < 4.78 is 0. The molecule has 0 heterocycles. The van der Waals surface area contributed by atoms with Crippen LogP contribution >= 0.6 is 0 Å². The summed E-state index contributed by atoms with van der Waals surface area (Å²) in [7, 11) is 0. The zero-order valence-electron chi connectivity index (χ0n) is 13.2. The maximum atomic E-state index is 10.6. The number of rotatable bonds is 12. The standard InChI is InChI=1S/C15H31NO2.Na/c1-3-5-6-7-8-9-10-11-12-13-14-16(4-2)15(17)18;/h3-14H2,1-2H3,(H,17,18);/q;+1/p-1. The van der Waals surface area contributed by atoms with E-state index in [0.717, 1.165) is 12.8 Å². The van der Waals surface area contributed by atoms with Crippen LogP contribution in [-0.2, 0) is 0 Å². The second-order valence-electron chi connectivity index (χ2n) is 5.03. The van der Waals surface area contributed by atoms with Gasteiger partial charge in [-0.05, 0) is 13.3 Å². The van der Waals surface area contributed by atoms with Crippen LogP contribution in [0, 0.1) is 0 Å². The quantitative estimate of drug-likeness (QED) is 0.387. The summed E-state index contributed by atoms with van der Waals surface area (Å²) in [4.78, 5) is 12.0. The van der Waals surface area contributed by atoms with Crippen LogP contribution in [0.4, 0.5) is 4.79 Å². The van der Waals surface area contributed by atoms with Crippen LogP contribution in [0.5, 0.6) is 0 Å². The molecule has 4 heteroatoms. The molecule has 0 bridgehead atoms. The van der Waals surface area contributed by atoms with Gasteiger partial charge in [0.05, 0.1) is 0 Å². The van der Waals surface area contributed by atoms with E-state index in [1.165, 1.54) is 56.3 Å². The summed E-state index contributed by atoms with van der Waals surface area (Å²) >= 11 is 0. The van der Waals surface area contributed by atoms with Gasteiger partial charge in [-0.2, -0.15) is 0 Å². The second kappa shape index (κ2) is 16.3.